The topological polar surface area (TPSA) is 78.4 Å². The Hall–Kier alpha value is -1.26. The monoisotopic (exact) mass is 270 g/mol. The van der Waals surface area contributed by atoms with E-state index in [9.17, 15) is 9.59 Å². The molecule has 1 aliphatic carbocycles. The number of carbonyl (C=O) groups is 2. The molecule has 1 rings (SSSR count). The molecule has 0 aliphatic heterocycles. The number of carbonyl (C=O) groups excluding carboxylic acids is 1. The van der Waals surface area contributed by atoms with Crippen LogP contribution in [-0.2, 0) is 4.79 Å². The normalized spacial score (nSPS) is 23.9. The molecule has 1 saturated carbocycles. The second-order valence-corrected chi connectivity index (χ2v) is 5.58. The number of amides is 2. The number of hydrogen-bond acceptors (Lipinski definition) is 2. The van der Waals surface area contributed by atoms with Crippen molar-refractivity contribution in [1.29, 1.82) is 0 Å². The van der Waals surface area contributed by atoms with E-state index in [1.54, 1.807) is 0 Å². The van der Waals surface area contributed by atoms with Crippen LogP contribution in [0.3, 0.4) is 0 Å². The minimum atomic E-state index is -0.841. The fraction of sp³-hybridized carbons (Fsp3) is 0.857. The Bertz CT molecular complexity index is 307. The molecule has 5 nitrogen and oxygen atoms in total. The van der Waals surface area contributed by atoms with Crippen molar-refractivity contribution in [2.45, 2.75) is 46.0 Å². The maximum atomic E-state index is 11.6. The third-order valence-electron chi connectivity index (χ3n) is 4.06. The highest BCUT2D eigenvalue weighted by Crippen LogP contribution is 2.30. The van der Waals surface area contributed by atoms with Gasteiger partial charge in [-0.15, -0.1) is 0 Å². The standard InChI is InChI=1S/C14H26N2O3/c1-3-5-12(13(17)18)9-16-14(19)15-8-11-7-4-6-10(11)2/h10-12H,3-9H2,1-2H3,(H,17,18)(H2,15,16,19). The highest BCUT2D eigenvalue weighted by atomic mass is 16.4. The van der Waals surface area contributed by atoms with Gasteiger partial charge < -0.3 is 15.7 Å². The first-order valence-corrected chi connectivity index (χ1v) is 7.29. The summed E-state index contributed by atoms with van der Waals surface area (Å²) in [6.45, 7) is 5.06. The van der Waals surface area contributed by atoms with Crippen LogP contribution >= 0.6 is 0 Å². The lowest BCUT2D eigenvalue weighted by Crippen LogP contribution is -2.41. The number of urea groups is 1. The van der Waals surface area contributed by atoms with Crippen molar-refractivity contribution in [2.75, 3.05) is 13.1 Å². The molecule has 0 radical (unpaired) electrons. The molecule has 5 heteroatoms. The number of nitrogens with one attached hydrogen (secondary N) is 2. The molecular weight excluding hydrogens is 244 g/mol. The molecule has 2 amide bonds. The lowest BCUT2D eigenvalue weighted by atomic mass is 9.98. The van der Waals surface area contributed by atoms with Gasteiger partial charge in [0.2, 0.25) is 0 Å². The molecule has 0 saturated heterocycles. The van der Waals surface area contributed by atoms with Crippen molar-refractivity contribution in [2.24, 2.45) is 17.8 Å². The molecule has 3 unspecified atom stereocenters. The van der Waals surface area contributed by atoms with Crippen LogP contribution in [0, 0.1) is 17.8 Å². The van der Waals surface area contributed by atoms with Gasteiger partial charge in [-0.3, -0.25) is 4.79 Å². The Morgan fingerprint density at radius 2 is 2.05 bits per heavy atom. The molecule has 19 heavy (non-hydrogen) atoms. The van der Waals surface area contributed by atoms with Gasteiger partial charge in [0.15, 0.2) is 0 Å². The van der Waals surface area contributed by atoms with Crippen molar-refractivity contribution in [1.82, 2.24) is 10.6 Å². The molecule has 0 aromatic heterocycles. The highest BCUT2D eigenvalue weighted by molar-refractivity contribution is 5.75. The summed E-state index contributed by atoms with van der Waals surface area (Å²) < 4.78 is 0. The van der Waals surface area contributed by atoms with E-state index in [0.29, 0.717) is 24.8 Å². The highest BCUT2D eigenvalue weighted by Gasteiger charge is 2.23. The van der Waals surface area contributed by atoms with Gasteiger partial charge in [0.1, 0.15) is 0 Å². The number of aliphatic carboxylic acids is 1. The first-order chi connectivity index (χ1) is 9.04. The first kappa shape index (κ1) is 15.8. The molecule has 110 valence electrons. The van der Waals surface area contributed by atoms with E-state index in [2.05, 4.69) is 17.6 Å². The molecule has 0 aromatic rings. The molecular formula is C14H26N2O3. The van der Waals surface area contributed by atoms with E-state index < -0.39 is 11.9 Å². The minimum Gasteiger partial charge on any atom is -0.481 e. The summed E-state index contributed by atoms with van der Waals surface area (Å²) in [7, 11) is 0. The van der Waals surface area contributed by atoms with E-state index in [4.69, 9.17) is 5.11 Å². The van der Waals surface area contributed by atoms with Crippen molar-refractivity contribution in [3.05, 3.63) is 0 Å². The van der Waals surface area contributed by atoms with Gasteiger partial charge in [-0.2, -0.15) is 0 Å². The van der Waals surface area contributed by atoms with E-state index >= 15 is 0 Å². The van der Waals surface area contributed by atoms with Gasteiger partial charge in [0.05, 0.1) is 5.92 Å². The van der Waals surface area contributed by atoms with Crippen LogP contribution in [-0.4, -0.2) is 30.2 Å². The maximum Gasteiger partial charge on any atom is 0.314 e. The van der Waals surface area contributed by atoms with E-state index in [0.717, 1.165) is 6.42 Å². The van der Waals surface area contributed by atoms with Crippen molar-refractivity contribution < 1.29 is 14.7 Å². The lowest BCUT2D eigenvalue weighted by Gasteiger charge is -2.17. The van der Waals surface area contributed by atoms with Gasteiger partial charge in [-0.1, -0.05) is 33.1 Å². The van der Waals surface area contributed by atoms with Gasteiger partial charge in [0.25, 0.3) is 0 Å². The molecule has 3 N–H and O–H groups in total. The van der Waals surface area contributed by atoms with Gasteiger partial charge >= 0.3 is 12.0 Å². The van der Waals surface area contributed by atoms with E-state index in [1.807, 2.05) is 6.92 Å². The van der Waals surface area contributed by atoms with Crippen molar-refractivity contribution >= 4 is 12.0 Å². The Balaban J connectivity index is 2.21. The lowest BCUT2D eigenvalue weighted by molar-refractivity contribution is -0.141. The molecule has 0 bridgehead atoms. The average Bonchev–Trinajstić information content (AvgIpc) is 2.77. The van der Waals surface area contributed by atoms with Crippen LogP contribution in [0.2, 0.25) is 0 Å². The van der Waals surface area contributed by atoms with Crippen LogP contribution in [0.25, 0.3) is 0 Å². The Kier molecular flexibility index (Phi) is 6.67. The molecule has 0 aromatic carbocycles. The summed E-state index contributed by atoms with van der Waals surface area (Å²) in [5, 5.41) is 14.5. The fourth-order valence-corrected chi connectivity index (χ4v) is 2.69. The zero-order valence-corrected chi connectivity index (χ0v) is 11.9. The van der Waals surface area contributed by atoms with Gasteiger partial charge in [-0.25, -0.2) is 4.79 Å². The molecule has 0 heterocycles. The third-order valence-corrected chi connectivity index (χ3v) is 4.06. The zero-order chi connectivity index (χ0) is 14.3. The smallest absolute Gasteiger partial charge is 0.314 e. The fourth-order valence-electron chi connectivity index (χ4n) is 2.69. The second kappa shape index (κ2) is 8.02. The minimum absolute atomic E-state index is 0.204. The summed E-state index contributed by atoms with van der Waals surface area (Å²) in [5.74, 6) is -0.0865. The maximum absolute atomic E-state index is 11.6. The number of carboxylic acid groups (broad SMARTS) is 1. The van der Waals surface area contributed by atoms with Crippen LogP contribution < -0.4 is 10.6 Å². The Morgan fingerprint density at radius 3 is 2.58 bits per heavy atom. The largest absolute Gasteiger partial charge is 0.481 e. The molecule has 0 spiro atoms. The zero-order valence-electron chi connectivity index (χ0n) is 11.9. The summed E-state index contributed by atoms with van der Waals surface area (Å²) in [4.78, 5) is 22.6. The number of carboxylic acids is 1. The van der Waals surface area contributed by atoms with Crippen molar-refractivity contribution in [3.63, 3.8) is 0 Å². The number of hydrogen-bond donors (Lipinski definition) is 3. The summed E-state index contributed by atoms with van der Waals surface area (Å²) in [6, 6.07) is -0.249. The van der Waals surface area contributed by atoms with Crippen LogP contribution in [0.5, 0.6) is 0 Å². The van der Waals surface area contributed by atoms with E-state index in [-0.39, 0.29) is 12.6 Å². The second-order valence-electron chi connectivity index (χ2n) is 5.58. The average molecular weight is 270 g/mol. The predicted octanol–water partition coefficient (Wildman–Crippen LogP) is 2.22. The van der Waals surface area contributed by atoms with E-state index in [1.165, 1.54) is 19.3 Å². The van der Waals surface area contributed by atoms with Gasteiger partial charge in [-0.05, 0) is 24.7 Å². The van der Waals surface area contributed by atoms with Gasteiger partial charge in [0, 0.05) is 13.1 Å². The summed E-state index contributed by atoms with van der Waals surface area (Å²) in [6.07, 6.45) is 5.06. The summed E-state index contributed by atoms with van der Waals surface area (Å²) >= 11 is 0. The van der Waals surface area contributed by atoms with Crippen LogP contribution in [0.1, 0.15) is 46.0 Å². The van der Waals surface area contributed by atoms with Crippen LogP contribution in [0.15, 0.2) is 0 Å². The van der Waals surface area contributed by atoms with Crippen LogP contribution in [0.4, 0.5) is 4.79 Å². The first-order valence-electron chi connectivity index (χ1n) is 7.29. The predicted molar refractivity (Wildman–Crippen MR) is 73.9 cm³/mol. The van der Waals surface area contributed by atoms with Crippen molar-refractivity contribution in [3.8, 4) is 0 Å². The Labute approximate surface area is 115 Å². The third kappa shape index (κ3) is 5.49. The molecule has 3 atom stereocenters. The molecule has 1 fully saturated rings. The number of rotatable bonds is 7. The SMILES string of the molecule is CCCC(CNC(=O)NCC1CCCC1C)C(=O)O. The Morgan fingerprint density at radius 1 is 1.32 bits per heavy atom. The molecule has 1 aliphatic rings. The quantitative estimate of drug-likeness (QED) is 0.663. The summed E-state index contributed by atoms with van der Waals surface area (Å²) in [5.41, 5.74) is 0.